The van der Waals surface area contributed by atoms with Crippen LogP contribution in [0.4, 0.5) is 4.39 Å². The standard InChI is InChI=1S/C26H26FN3O2S/c27-21-10-8-20(9-11-21)18-30-24(31)22(17-19-5-2-1-3-6-19)28-26(30)12-14-29(15-13-26)25(32)23-7-4-16-33-23/h1-11,16,22,28H,12-15,17-18H2/t22-/m0/s1. The molecule has 0 bridgehead atoms. The van der Waals surface area contributed by atoms with Crippen LogP contribution in [-0.2, 0) is 17.8 Å². The minimum absolute atomic E-state index is 0.0510. The van der Waals surface area contributed by atoms with Gasteiger partial charge in [-0.25, -0.2) is 4.39 Å². The van der Waals surface area contributed by atoms with Crippen molar-refractivity contribution >= 4 is 23.2 Å². The molecule has 0 radical (unpaired) electrons. The van der Waals surface area contributed by atoms with Crippen LogP contribution in [0.3, 0.4) is 0 Å². The van der Waals surface area contributed by atoms with Gasteiger partial charge in [0.2, 0.25) is 5.91 Å². The van der Waals surface area contributed by atoms with E-state index in [9.17, 15) is 14.0 Å². The second kappa shape index (κ2) is 9.08. The Balaban J connectivity index is 1.37. The van der Waals surface area contributed by atoms with Crippen molar-refractivity contribution in [1.82, 2.24) is 15.1 Å². The van der Waals surface area contributed by atoms with E-state index >= 15 is 0 Å². The fraction of sp³-hybridized carbons (Fsp3) is 0.308. The number of nitrogens with one attached hydrogen (secondary N) is 1. The quantitative estimate of drug-likeness (QED) is 0.621. The van der Waals surface area contributed by atoms with Gasteiger partial charge in [-0.2, -0.15) is 0 Å². The Morgan fingerprint density at radius 1 is 1.00 bits per heavy atom. The van der Waals surface area contributed by atoms with Gasteiger partial charge in [-0.3, -0.25) is 14.9 Å². The van der Waals surface area contributed by atoms with Crippen LogP contribution in [0, 0.1) is 5.82 Å². The number of carbonyl (C=O) groups is 2. The number of benzene rings is 2. The van der Waals surface area contributed by atoms with Crippen molar-refractivity contribution in [3.05, 3.63) is 93.9 Å². The molecule has 2 amide bonds. The topological polar surface area (TPSA) is 52.7 Å². The summed E-state index contributed by atoms with van der Waals surface area (Å²) in [4.78, 5) is 30.9. The van der Waals surface area contributed by atoms with Gasteiger partial charge in [-0.1, -0.05) is 48.5 Å². The molecular weight excluding hydrogens is 437 g/mol. The maximum Gasteiger partial charge on any atom is 0.263 e. The summed E-state index contributed by atoms with van der Waals surface area (Å²) in [5.74, 6) is -0.182. The number of likely N-dealkylation sites (tertiary alicyclic amines) is 1. The van der Waals surface area contributed by atoms with Gasteiger partial charge in [0, 0.05) is 32.5 Å². The molecule has 0 saturated carbocycles. The number of amides is 2. The van der Waals surface area contributed by atoms with E-state index in [4.69, 9.17) is 0 Å². The number of hydrogen-bond donors (Lipinski definition) is 1. The molecule has 2 aliphatic heterocycles. The van der Waals surface area contributed by atoms with Crippen molar-refractivity contribution in [3.63, 3.8) is 0 Å². The van der Waals surface area contributed by atoms with Crippen molar-refractivity contribution in [1.29, 1.82) is 0 Å². The normalized spacial score (nSPS) is 19.9. The lowest BCUT2D eigenvalue weighted by Gasteiger charge is -2.44. The van der Waals surface area contributed by atoms with E-state index in [1.54, 1.807) is 12.1 Å². The van der Waals surface area contributed by atoms with E-state index in [1.807, 2.05) is 57.6 Å². The first kappa shape index (κ1) is 21.8. The van der Waals surface area contributed by atoms with E-state index in [0.29, 0.717) is 38.9 Å². The number of rotatable bonds is 5. The number of hydrogen-bond acceptors (Lipinski definition) is 4. The van der Waals surface area contributed by atoms with Crippen molar-refractivity contribution in [2.45, 2.75) is 37.5 Å². The molecule has 1 atom stereocenters. The van der Waals surface area contributed by atoms with Crippen LogP contribution in [0.1, 0.15) is 33.6 Å². The Kier molecular flexibility index (Phi) is 6.00. The van der Waals surface area contributed by atoms with Crippen LogP contribution < -0.4 is 5.32 Å². The molecule has 5 rings (SSSR count). The lowest BCUT2D eigenvalue weighted by Crippen LogP contribution is -2.59. The zero-order valence-electron chi connectivity index (χ0n) is 18.2. The zero-order chi connectivity index (χ0) is 22.8. The highest BCUT2D eigenvalue weighted by Gasteiger charge is 2.51. The van der Waals surface area contributed by atoms with E-state index in [-0.39, 0.29) is 23.7 Å². The van der Waals surface area contributed by atoms with Crippen molar-refractivity contribution in [2.75, 3.05) is 13.1 Å². The molecule has 0 unspecified atom stereocenters. The third kappa shape index (κ3) is 4.43. The van der Waals surface area contributed by atoms with Crippen LogP contribution in [-0.4, -0.2) is 46.4 Å². The average Bonchev–Trinajstić information content (AvgIpc) is 3.45. The lowest BCUT2D eigenvalue weighted by atomic mass is 9.95. The average molecular weight is 464 g/mol. The summed E-state index contributed by atoms with van der Waals surface area (Å²) >= 11 is 1.45. The third-order valence-electron chi connectivity index (χ3n) is 6.67. The first-order valence-electron chi connectivity index (χ1n) is 11.2. The molecule has 2 saturated heterocycles. The van der Waals surface area contributed by atoms with Crippen molar-refractivity contribution < 1.29 is 14.0 Å². The molecular formula is C26H26FN3O2S. The molecule has 5 nitrogen and oxygen atoms in total. The largest absolute Gasteiger partial charge is 0.338 e. The molecule has 33 heavy (non-hydrogen) atoms. The molecule has 170 valence electrons. The monoisotopic (exact) mass is 463 g/mol. The highest BCUT2D eigenvalue weighted by Crippen LogP contribution is 2.35. The van der Waals surface area contributed by atoms with Gasteiger partial charge in [0.05, 0.1) is 16.6 Å². The maximum atomic E-state index is 13.6. The second-order valence-electron chi connectivity index (χ2n) is 8.74. The molecule has 1 aromatic heterocycles. The molecule has 2 aliphatic rings. The Hall–Kier alpha value is -3.03. The maximum absolute atomic E-state index is 13.6. The summed E-state index contributed by atoms with van der Waals surface area (Å²) in [5.41, 5.74) is 1.48. The Labute approximate surface area is 196 Å². The first-order valence-corrected chi connectivity index (χ1v) is 12.1. The van der Waals surface area contributed by atoms with Crippen molar-refractivity contribution in [2.24, 2.45) is 0 Å². The summed E-state index contributed by atoms with van der Waals surface area (Å²) in [6.07, 6.45) is 1.92. The van der Waals surface area contributed by atoms with Crippen LogP contribution in [0.15, 0.2) is 72.1 Å². The van der Waals surface area contributed by atoms with Crippen LogP contribution in [0.25, 0.3) is 0 Å². The van der Waals surface area contributed by atoms with Gasteiger partial charge in [0.15, 0.2) is 0 Å². The number of nitrogens with zero attached hydrogens (tertiary/aromatic N) is 2. The number of thiophene rings is 1. The molecule has 7 heteroatoms. The smallest absolute Gasteiger partial charge is 0.263 e. The summed E-state index contributed by atoms with van der Waals surface area (Å²) in [6.45, 7) is 1.57. The zero-order valence-corrected chi connectivity index (χ0v) is 19.1. The second-order valence-corrected chi connectivity index (χ2v) is 9.69. The molecule has 0 aliphatic carbocycles. The van der Waals surface area contributed by atoms with Crippen molar-refractivity contribution in [3.8, 4) is 0 Å². The van der Waals surface area contributed by atoms with Gasteiger partial charge in [-0.05, 0) is 41.1 Å². The van der Waals surface area contributed by atoms with E-state index < -0.39 is 5.66 Å². The Morgan fingerprint density at radius 2 is 1.73 bits per heavy atom. The SMILES string of the molecule is O=C(c1cccs1)N1CCC2(CC1)N[C@@H](Cc1ccccc1)C(=O)N2Cc1ccc(F)cc1. The molecule has 2 fully saturated rings. The van der Waals surface area contributed by atoms with Gasteiger partial charge in [0.25, 0.3) is 5.91 Å². The predicted molar refractivity (Wildman–Crippen MR) is 126 cm³/mol. The summed E-state index contributed by atoms with van der Waals surface area (Å²) in [5, 5.41) is 5.56. The Morgan fingerprint density at radius 3 is 2.39 bits per heavy atom. The van der Waals surface area contributed by atoms with Crippen LogP contribution in [0.5, 0.6) is 0 Å². The van der Waals surface area contributed by atoms with Crippen LogP contribution in [0.2, 0.25) is 0 Å². The highest BCUT2D eigenvalue weighted by molar-refractivity contribution is 7.12. The number of halogens is 1. The van der Waals surface area contributed by atoms with Crippen LogP contribution >= 0.6 is 11.3 Å². The van der Waals surface area contributed by atoms with Gasteiger partial charge in [-0.15, -0.1) is 11.3 Å². The third-order valence-corrected chi connectivity index (χ3v) is 7.53. The molecule has 1 N–H and O–H groups in total. The first-order chi connectivity index (χ1) is 16.0. The minimum atomic E-state index is -0.517. The fourth-order valence-corrected chi connectivity index (χ4v) is 5.59. The Bertz CT molecular complexity index is 1110. The lowest BCUT2D eigenvalue weighted by molar-refractivity contribution is -0.134. The molecule has 2 aromatic carbocycles. The molecule has 1 spiro atoms. The van der Waals surface area contributed by atoms with E-state index in [1.165, 1.54) is 23.5 Å². The summed E-state index contributed by atoms with van der Waals surface area (Å²) in [7, 11) is 0. The predicted octanol–water partition coefficient (Wildman–Crippen LogP) is 4.06. The van der Waals surface area contributed by atoms with E-state index in [2.05, 4.69) is 5.32 Å². The number of carbonyl (C=O) groups excluding carboxylic acids is 2. The number of piperidine rings is 1. The molecule has 3 heterocycles. The molecule has 3 aromatic rings. The summed E-state index contributed by atoms with van der Waals surface area (Å²) < 4.78 is 13.4. The fourth-order valence-electron chi connectivity index (χ4n) is 4.90. The van der Waals surface area contributed by atoms with Gasteiger partial charge >= 0.3 is 0 Å². The minimum Gasteiger partial charge on any atom is -0.338 e. The van der Waals surface area contributed by atoms with E-state index in [0.717, 1.165) is 16.0 Å². The van der Waals surface area contributed by atoms with Gasteiger partial charge in [0.1, 0.15) is 5.82 Å². The summed E-state index contributed by atoms with van der Waals surface area (Å²) in [6, 6.07) is 19.7. The van der Waals surface area contributed by atoms with Gasteiger partial charge < -0.3 is 9.80 Å². The highest BCUT2D eigenvalue weighted by atomic mass is 32.1.